The molecule has 0 atom stereocenters. The van der Waals surface area contributed by atoms with Crippen LogP contribution in [0.25, 0.3) is 0 Å². The molecule has 1 N–H and O–H groups in total. The molecule has 0 bridgehead atoms. The molecule has 0 radical (unpaired) electrons. The third-order valence-electron chi connectivity index (χ3n) is 3.67. The van der Waals surface area contributed by atoms with Crippen LogP contribution in [0, 0.1) is 5.92 Å². The molecule has 1 saturated carbocycles. The second-order valence-corrected chi connectivity index (χ2v) is 5.01. The molecule has 18 heavy (non-hydrogen) atoms. The fraction of sp³-hybridized carbons (Fsp3) is 0.786. The maximum absolute atomic E-state index is 5.32. The summed E-state index contributed by atoms with van der Waals surface area (Å²) in [6.45, 7) is 5.68. The molecule has 0 aromatic carbocycles. The smallest absolute Gasteiger partial charge is 0.202 e. The summed E-state index contributed by atoms with van der Waals surface area (Å²) in [6, 6.07) is 0. The molecule has 4 heteroatoms. The minimum absolute atomic E-state index is 0.802. The monoisotopic (exact) mass is 251 g/mol. The van der Waals surface area contributed by atoms with E-state index in [1.54, 1.807) is 0 Å². The fourth-order valence-electron chi connectivity index (χ4n) is 2.28. The van der Waals surface area contributed by atoms with Gasteiger partial charge in [0, 0.05) is 38.7 Å². The van der Waals surface area contributed by atoms with Crippen LogP contribution < -0.4 is 5.32 Å². The second-order valence-electron chi connectivity index (χ2n) is 5.01. The van der Waals surface area contributed by atoms with E-state index in [9.17, 15) is 0 Å². The number of nitrogens with one attached hydrogen (secondary N) is 1. The molecule has 1 heterocycles. The van der Waals surface area contributed by atoms with E-state index < -0.39 is 0 Å². The molecule has 1 fully saturated rings. The highest BCUT2D eigenvalue weighted by Gasteiger charge is 2.17. The van der Waals surface area contributed by atoms with Gasteiger partial charge in [0.05, 0.1) is 0 Å². The van der Waals surface area contributed by atoms with Gasteiger partial charge in [0.15, 0.2) is 0 Å². The summed E-state index contributed by atoms with van der Waals surface area (Å²) in [5.41, 5.74) is 0. The molecule has 4 nitrogen and oxygen atoms in total. The van der Waals surface area contributed by atoms with Crippen LogP contribution in [-0.2, 0) is 11.3 Å². The number of aromatic nitrogens is 2. The van der Waals surface area contributed by atoms with Crippen molar-refractivity contribution in [2.75, 3.05) is 25.1 Å². The van der Waals surface area contributed by atoms with E-state index in [1.165, 1.54) is 25.7 Å². The van der Waals surface area contributed by atoms with Gasteiger partial charge in [-0.25, -0.2) is 4.98 Å². The highest BCUT2D eigenvalue weighted by Crippen LogP contribution is 2.29. The van der Waals surface area contributed by atoms with Crippen LogP contribution in [0.4, 0.5) is 5.95 Å². The Bertz CT molecular complexity index is 334. The molecule has 102 valence electrons. The van der Waals surface area contributed by atoms with Gasteiger partial charge in [0.2, 0.25) is 5.95 Å². The van der Waals surface area contributed by atoms with Crippen molar-refractivity contribution in [3.05, 3.63) is 12.4 Å². The van der Waals surface area contributed by atoms with E-state index in [0.29, 0.717) is 0 Å². The van der Waals surface area contributed by atoms with Crippen molar-refractivity contribution in [2.24, 2.45) is 5.92 Å². The Hall–Kier alpha value is -1.03. The van der Waals surface area contributed by atoms with Crippen LogP contribution in [0.1, 0.15) is 39.0 Å². The quantitative estimate of drug-likeness (QED) is 0.686. The Morgan fingerprint density at radius 1 is 1.50 bits per heavy atom. The average molecular weight is 251 g/mol. The van der Waals surface area contributed by atoms with E-state index in [4.69, 9.17) is 4.74 Å². The molecule has 1 aromatic rings. The van der Waals surface area contributed by atoms with Crippen LogP contribution >= 0.6 is 0 Å². The lowest BCUT2D eigenvalue weighted by molar-refractivity contribution is 0.147. The maximum Gasteiger partial charge on any atom is 0.202 e. The molecular weight excluding hydrogens is 226 g/mol. The van der Waals surface area contributed by atoms with Crippen molar-refractivity contribution in [2.45, 2.75) is 45.6 Å². The number of anilines is 1. The first-order valence-electron chi connectivity index (χ1n) is 7.23. The Morgan fingerprint density at radius 3 is 3.11 bits per heavy atom. The highest BCUT2D eigenvalue weighted by atomic mass is 16.5. The normalized spacial score (nSPS) is 15.6. The minimum atomic E-state index is 0.802. The summed E-state index contributed by atoms with van der Waals surface area (Å²) in [4.78, 5) is 4.37. The number of imidazole rings is 1. The van der Waals surface area contributed by atoms with Crippen LogP contribution in [0.2, 0.25) is 0 Å². The SMILES string of the molecule is CCOCCCNc1nccn1CCC1CCC1. The van der Waals surface area contributed by atoms with E-state index >= 15 is 0 Å². The highest BCUT2D eigenvalue weighted by molar-refractivity contribution is 5.25. The summed E-state index contributed by atoms with van der Waals surface area (Å²) in [5, 5.41) is 3.38. The third-order valence-corrected chi connectivity index (χ3v) is 3.67. The van der Waals surface area contributed by atoms with Crippen LogP contribution in [0.5, 0.6) is 0 Å². The zero-order valence-corrected chi connectivity index (χ0v) is 11.4. The third kappa shape index (κ3) is 4.02. The van der Waals surface area contributed by atoms with E-state index in [2.05, 4.69) is 21.1 Å². The molecule has 2 rings (SSSR count). The van der Waals surface area contributed by atoms with Crippen molar-refractivity contribution in [3.8, 4) is 0 Å². The van der Waals surface area contributed by atoms with Crippen molar-refractivity contribution in [3.63, 3.8) is 0 Å². The van der Waals surface area contributed by atoms with E-state index in [1.807, 2.05) is 13.1 Å². The van der Waals surface area contributed by atoms with Crippen LogP contribution in [0.15, 0.2) is 12.4 Å². The molecule has 0 saturated heterocycles. The minimum Gasteiger partial charge on any atom is -0.382 e. The molecular formula is C14H25N3O. The van der Waals surface area contributed by atoms with Gasteiger partial charge in [-0.1, -0.05) is 19.3 Å². The predicted molar refractivity (Wildman–Crippen MR) is 73.8 cm³/mol. The Labute approximate surface area is 110 Å². The number of hydrogen-bond acceptors (Lipinski definition) is 3. The van der Waals surface area contributed by atoms with Gasteiger partial charge in [0.25, 0.3) is 0 Å². The summed E-state index contributed by atoms with van der Waals surface area (Å²) >= 11 is 0. The zero-order chi connectivity index (χ0) is 12.6. The van der Waals surface area contributed by atoms with E-state index in [0.717, 1.165) is 44.6 Å². The largest absolute Gasteiger partial charge is 0.382 e. The number of rotatable bonds is 9. The van der Waals surface area contributed by atoms with Crippen LogP contribution in [0.3, 0.4) is 0 Å². The lowest BCUT2D eigenvalue weighted by Crippen LogP contribution is -2.15. The van der Waals surface area contributed by atoms with Gasteiger partial charge in [-0.2, -0.15) is 0 Å². The molecule has 1 aliphatic rings. The van der Waals surface area contributed by atoms with Crippen LogP contribution in [-0.4, -0.2) is 29.3 Å². The number of nitrogens with zero attached hydrogens (tertiary/aromatic N) is 2. The zero-order valence-electron chi connectivity index (χ0n) is 11.4. The molecule has 0 aliphatic heterocycles. The van der Waals surface area contributed by atoms with Crippen molar-refractivity contribution in [1.82, 2.24) is 9.55 Å². The molecule has 1 aromatic heterocycles. The van der Waals surface area contributed by atoms with E-state index in [-0.39, 0.29) is 0 Å². The Kier molecular flexibility index (Phi) is 5.52. The first-order chi connectivity index (χ1) is 8.90. The standard InChI is InChI=1S/C14H25N3O/c1-2-18-12-4-8-15-14-16-9-11-17(14)10-7-13-5-3-6-13/h9,11,13H,2-8,10,12H2,1H3,(H,15,16). The topological polar surface area (TPSA) is 39.1 Å². The first-order valence-corrected chi connectivity index (χ1v) is 7.23. The van der Waals surface area contributed by atoms with Gasteiger partial charge in [-0.05, 0) is 25.7 Å². The predicted octanol–water partition coefficient (Wildman–Crippen LogP) is 2.91. The number of hydrogen-bond donors (Lipinski definition) is 1. The van der Waals surface area contributed by atoms with Gasteiger partial charge < -0.3 is 14.6 Å². The van der Waals surface area contributed by atoms with Crippen molar-refractivity contribution >= 4 is 5.95 Å². The molecule has 0 spiro atoms. The summed E-state index contributed by atoms with van der Waals surface area (Å²) < 4.78 is 7.55. The van der Waals surface area contributed by atoms with Gasteiger partial charge in [-0.15, -0.1) is 0 Å². The first kappa shape index (κ1) is 13.4. The van der Waals surface area contributed by atoms with Gasteiger partial charge in [0.1, 0.15) is 0 Å². The molecule has 0 amide bonds. The van der Waals surface area contributed by atoms with Gasteiger partial charge >= 0.3 is 0 Å². The number of ether oxygens (including phenoxy) is 1. The number of aryl methyl sites for hydroxylation is 1. The summed E-state index contributed by atoms with van der Waals surface area (Å²) in [5.74, 6) is 1.96. The second kappa shape index (κ2) is 7.41. The Morgan fingerprint density at radius 2 is 2.39 bits per heavy atom. The lowest BCUT2D eigenvalue weighted by atomic mass is 9.83. The fourth-order valence-corrected chi connectivity index (χ4v) is 2.28. The summed E-state index contributed by atoms with van der Waals surface area (Å²) in [6.07, 6.45) is 10.6. The average Bonchev–Trinajstić information content (AvgIpc) is 2.75. The molecule has 0 unspecified atom stereocenters. The lowest BCUT2D eigenvalue weighted by Gasteiger charge is -2.25. The van der Waals surface area contributed by atoms with Gasteiger partial charge in [-0.3, -0.25) is 0 Å². The van der Waals surface area contributed by atoms with Crippen molar-refractivity contribution < 1.29 is 4.74 Å². The molecule has 1 aliphatic carbocycles. The summed E-state index contributed by atoms with van der Waals surface area (Å²) in [7, 11) is 0. The van der Waals surface area contributed by atoms with Crippen molar-refractivity contribution in [1.29, 1.82) is 0 Å². The Balaban J connectivity index is 1.66. The maximum atomic E-state index is 5.32.